The van der Waals surface area contributed by atoms with Gasteiger partial charge in [-0.3, -0.25) is 4.68 Å². The molecule has 2 atom stereocenters. The summed E-state index contributed by atoms with van der Waals surface area (Å²) in [5, 5.41) is 4.96. The Morgan fingerprint density at radius 2 is 2.19 bits per heavy atom. The number of nitrogens with zero attached hydrogens (tertiary/aromatic N) is 3. The molecule has 2 heterocycles. The van der Waals surface area contributed by atoms with Crippen molar-refractivity contribution in [3.8, 4) is 0 Å². The van der Waals surface area contributed by atoms with Gasteiger partial charge in [0.1, 0.15) is 5.52 Å². The summed E-state index contributed by atoms with van der Waals surface area (Å²) < 4.78 is 7.58. The molecule has 0 saturated carbocycles. The number of aromatic nitrogens is 3. The van der Waals surface area contributed by atoms with E-state index >= 15 is 0 Å². The van der Waals surface area contributed by atoms with Gasteiger partial charge in [0, 0.05) is 24.8 Å². The van der Waals surface area contributed by atoms with Crippen LogP contribution in [0, 0.1) is 0 Å². The molecule has 6 heteroatoms. The van der Waals surface area contributed by atoms with Crippen LogP contribution in [-0.4, -0.2) is 20.8 Å². The maximum atomic E-state index is 6.27. The van der Waals surface area contributed by atoms with Crippen molar-refractivity contribution < 1.29 is 4.42 Å². The van der Waals surface area contributed by atoms with Crippen LogP contribution >= 0.6 is 11.8 Å². The summed E-state index contributed by atoms with van der Waals surface area (Å²) in [6.45, 7) is 2.08. The predicted octanol–water partition coefficient (Wildman–Crippen LogP) is 3.13. The van der Waals surface area contributed by atoms with Gasteiger partial charge in [0.2, 0.25) is 0 Å². The molecule has 0 aliphatic rings. The Kier molecular flexibility index (Phi) is 3.98. The van der Waals surface area contributed by atoms with Gasteiger partial charge in [0.05, 0.1) is 11.4 Å². The van der Waals surface area contributed by atoms with Crippen LogP contribution in [0.1, 0.15) is 24.2 Å². The van der Waals surface area contributed by atoms with Crippen molar-refractivity contribution in [3.63, 3.8) is 0 Å². The summed E-state index contributed by atoms with van der Waals surface area (Å²) >= 11 is 1.56. The summed E-state index contributed by atoms with van der Waals surface area (Å²) in [6, 6.07) is 7.79. The number of aryl methyl sites for hydroxylation is 1. The first-order chi connectivity index (χ1) is 10.2. The molecule has 0 aliphatic carbocycles. The quantitative estimate of drug-likeness (QED) is 0.733. The van der Waals surface area contributed by atoms with Gasteiger partial charge in [-0.2, -0.15) is 5.10 Å². The molecule has 0 amide bonds. The number of oxazole rings is 1. The van der Waals surface area contributed by atoms with Crippen LogP contribution < -0.4 is 5.73 Å². The number of benzene rings is 1. The first kappa shape index (κ1) is 14.2. The highest BCUT2D eigenvalue weighted by atomic mass is 32.2. The number of fused-ring (bicyclic) bond motifs is 1. The number of nitrogens with two attached hydrogens (primary N) is 1. The maximum Gasteiger partial charge on any atom is 0.257 e. The van der Waals surface area contributed by atoms with Gasteiger partial charge >= 0.3 is 0 Å². The van der Waals surface area contributed by atoms with Crippen LogP contribution in [0.4, 0.5) is 0 Å². The smallest absolute Gasteiger partial charge is 0.257 e. The second kappa shape index (κ2) is 5.91. The Labute approximate surface area is 127 Å². The zero-order chi connectivity index (χ0) is 14.8. The first-order valence-corrected chi connectivity index (χ1v) is 7.81. The standard InChI is InChI=1S/C15H18N4OS/c1-3-11(16)14(10-8-17-19(2)9-10)21-15-18-12-6-4-5-7-13(12)20-15/h4-9,11,14H,3,16H2,1-2H3. The molecule has 0 aliphatic heterocycles. The summed E-state index contributed by atoms with van der Waals surface area (Å²) in [5.74, 6) is 0. The third-order valence-electron chi connectivity index (χ3n) is 3.42. The number of para-hydroxylation sites is 2. The molecule has 110 valence electrons. The Hall–Kier alpha value is -1.79. The third-order valence-corrected chi connectivity index (χ3v) is 4.67. The van der Waals surface area contributed by atoms with Crippen molar-refractivity contribution in [1.29, 1.82) is 0 Å². The van der Waals surface area contributed by atoms with Crippen molar-refractivity contribution in [1.82, 2.24) is 14.8 Å². The summed E-state index contributed by atoms with van der Waals surface area (Å²) in [7, 11) is 1.90. The highest BCUT2D eigenvalue weighted by Crippen LogP contribution is 2.38. The fourth-order valence-electron chi connectivity index (χ4n) is 2.21. The molecular formula is C15H18N4OS. The molecule has 2 unspecified atom stereocenters. The van der Waals surface area contributed by atoms with Crippen molar-refractivity contribution in [2.24, 2.45) is 12.8 Å². The fourth-order valence-corrected chi connectivity index (χ4v) is 3.35. The second-order valence-corrected chi connectivity index (χ2v) is 6.10. The molecular weight excluding hydrogens is 284 g/mol. The monoisotopic (exact) mass is 302 g/mol. The van der Waals surface area contributed by atoms with Crippen molar-refractivity contribution >= 4 is 22.9 Å². The number of hydrogen-bond donors (Lipinski definition) is 1. The van der Waals surface area contributed by atoms with Gasteiger partial charge in [-0.1, -0.05) is 30.8 Å². The van der Waals surface area contributed by atoms with Crippen LogP contribution in [-0.2, 0) is 7.05 Å². The fraction of sp³-hybridized carbons (Fsp3) is 0.333. The molecule has 0 fully saturated rings. The molecule has 0 bridgehead atoms. The average Bonchev–Trinajstić information content (AvgIpc) is 3.09. The predicted molar refractivity (Wildman–Crippen MR) is 84.1 cm³/mol. The number of thioether (sulfide) groups is 1. The Morgan fingerprint density at radius 3 is 2.86 bits per heavy atom. The topological polar surface area (TPSA) is 69.9 Å². The van der Waals surface area contributed by atoms with Crippen LogP contribution in [0.15, 0.2) is 46.3 Å². The van der Waals surface area contributed by atoms with E-state index in [0.29, 0.717) is 5.22 Å². The van der Waals surface area contributed by atoms with E-state index in [1.165, 1.54) is 0 Å². The molecule has 2 aromatic heterocycles. The van der Waals surface area contributed by atoms with Crippen molar-refractivity contribution in [2.75, 3.05) is 0 Å². The number of rotatable bonds is 5. The zero-order valence-electron chi connectivity index (χ0n) is 12.1. The zero-order valence-corrected chi connectivity index (χ0v) is 12.9. The lowest BCUT2D eigenvalue weighted by Gasteiger charge is -2.19. The summed E-state index contributed by atoms with van der Waals surface area (Å²) in [5.41, 5.74) is 9.04. The number of hydrogen-bond acceptors (Lipinski definition) is 5. The second-order valence-electron chi connectivity index (χ2n) is 5.01. The molecule has 0 spiro atoms. The van der Waals surface area contributed by atoms with Gasteiger partial charge in [0.15, 0.2) is 5.58 Å². The highest BCUT2D eigenvalue weighted by Gasteiger charge is 2.23. The maximum absolute atomic E-state index is 6.27. The van der Waals surface area contributed by atoms with E-state index in [1.54, 1.807) is 16.4 Å². The summed E-state index contributed by atoms with van der Waals surface area (Å²) in [4.78, 5) is 4.52. The van der Waals surface area contributed by atoms with Gasteiger partial charge in [-0.25, -0.2) is 4.98 Å². The molecule has 0 saturated heterocycles. The van der Waals surface area contributed by atoms with E-state index in [9.17, 15) is 0 Å². The van der Waals surface area contributed by atoms with Gasteiger partial charge in [-0.05, 0) is 18.6 Å². The minimum absolute atomic E-state index is 0.0224. The Balaban J connectivity index is 1.90. The van der Waals surface area contributed by atoms with E-state index in [2.05, 4.69) is 17.0 Å². The van der Waals surface area contributed by atoms with E-state index < -0.39 is 0 Å². The van der Waals surface area contributed by atoms with E-state index in [0.717, 1.165) is 23.1 Å². The third kappa shape index (κ3) is 2.96. The molecule has 0 radical (unpaired) electrons. The van der Waals surface area contributed by atoms with E-state index in [-0.39, 0.29) is 11.3 Å². The molecule has 1 aromatic carbocycles. The van der Waals surface area contributed by atoms with Crippen LogP contribution in [0.3, 0.4) is 0 Å². The Bertz CT molecular complexity index is 703. The van der Waals surface area contributed by atoms with Crippen molar-refractivity contribution in [3.05, 3.63) is 42.2 Å². The SMILES string of the molecule is CCC(N)C(Sc1nc2ccccc2o1)c1cnn(C)c1. The first-order valence-electron chi connectivity index (χ1n) is 6.93. The van der Waals surface area contributed by atoms with E-state index in [1.807, 2.05) is 43.7 Å². The van der Waals surface area contributed by atoms with Crippen LogP contribution in [0.25, 0.3) is 11.1 Å². The van der Waals surface area contributed by atoms with Gasteiger partial charge < -0.3 is 10.2 Å². The normalized spacial score (nSPS) is 14.4. The van der Waals surface area contributed by atoms with Crippen LogP contribution in [0.2, 0.25) is 0 Å². The average molecular weight is 302 g/mol. The van der Waals surface area contributed by atoms with Gasteiger partial charge in [0.25, 0.3) is 5.22 Å². The lowest BCUT2D eigenvalue weighted by atomic mass is 10.1. The lowest BCUT2D eigenvalue weighted by Crippen LogP contribution is -2.25. The minimum atomic E-state index is 0.0224. The van der Waals surface area contributed by atoms with Crippen molar-refractivity contribution in [2.45, 2.75) is 29.9 Å². The minimum Gasteiger partial charge on any atom is -0.431 e. The largest absolute Gasteiger partial charge is 0.431 e. The molecule has 5 nitrogen and oxygen atoms in total. The Morgan fingerprint density at radius 1 is 1.38 bits per heavy atom. The molecule has 21 heavy (non-hydrogen) atoms. The summed E-state index contributed by atoms with van der Waals surface area (Å²) in [6.07, 6.45) is 4.73. The lowest BCUT2D eigenvalue weighted by molar-refractivity contribution is 0.485. The highest BCUT2D eigenvalue weighted by molar-refractivity contribution is 7.99. The molecule has 3 rings (SSSR count). The van der Waals surface area contributed by atoms with E-state index in [4.69, 9.17) is 10.2 Å². The molecule has 2 N–H and O–H groups in total. The van der Waals surface area contributed by atoms with Crippen LogP contribution in [0.5, 0.6) is 0 Å². The van der Waals surface area contributed by atoms with Gasteiger partial charge in [-0.15, -0.1) is 0 Å². The molecule has 3 aromatic rings.